The fraction of sp³-hybridized carbons (Fsp3) is 0.444. The van der Waals surface area contributed by atoms with Crippen LogP contribution in [0.25, 0.3) is 0 Å². The maximum atomic E-state index is 5.98. The number of hydrogen-bond acceptors (Lipinski definition) is 4. The Morgan fingerprint density at radius 3 is 3.14 bits per heavy atom. The standard InChI is InChI=1S/C9H12ClN3O/c10-9-8(6(11)1-2-13-9)7-5-14-4-3-12-7/h1-2,7,12H,3-5H2,(H2,11,13). The van der Waals surface area contributed by atoms with E-state index in [1.54, 1.807) is 12.3 Å². The lowest BCUT2D eigenvalue weighted by molar-refractivity contribution is 0.0770. The van der Waals surface area contributed by atoms with E-state index in [1.807, 2.05) is 0 Å². The molecule has 5 heteroatoms. The van der Waals surface area contributed by atoms with E-state index in [-0.39, 0.29) is 6.04 Å². The highest BCUT2D eigenvalue weighted by atomic mass is 35.5. The maximum Gasteiger partial charge on any atom is 0.135 e. The summed E-state index contributed by atoms with van der Waals surface area (Å²) in [7, 11) is 0. The van der Waals surface area contributed by atoms with Crippen LogP contribution in [0.4, 0.5) is 5.69 Å². The van der Waals surface area contributed by atoms with Gasteiger partial charge in [-0.3, -0.25) is 0 Å². The molecule has 0 spiro atoms. The number of ether oxygens (including phenoxy) is 1. The van der Waals surface area contributed by atoms with E-state index in [1.165, 1.54) is 0 Å². The minimum absolute atomic E-state index is 0.0601. The lowest BCUT2D eigenvalue weighted by atomic mass is 10.1. The Labute approximate surface area is 87.4 Å². The molecule has 0 saturated carbocycles. The van der Waals surface area contributed by atoms with Gasteiger partial charge in [0.05, 0.1) is 19.3 Å². The first-order valence-corrected chi connectivity index (χ1v) is 4.88. The second kappa shape index (κ2) is 4.13. The molecule has 0 aromatic carbocycles. The monoisotopic (exact) mass is 213 g/mol. The van der Waals surface area contributed by atoms with Crippen molar-refractivity contribution in [1.82, 2.24) is 10.3 Å². The number of nitrogens with one attached hydrogen (secondary N) is 1. The SMILES string of the molecule is Nc1ccnc(Cl)c1C1COCCN1. The fourth-order valence-corrected chi connectivity index (χ4v) is 1.85. The van der Waals surface area contributed by atoms with E-state index in [4.69, 9.17) is 22.1 Å². The number of nitrogen functional groups attached to an aromatic ring is 1. The van der Waals surface area contributed by atoms with Crippen molar-refractivity contribution < 1.29 is 4.74 Å². The first kappa shape index (κ1) is 9.71. The molecule has 14 heavy (non-hydrogen) atoms. The Kier molecular flexibility index (Phi) is 2.86. The zero-order valence-electron chi connectivity index (χ0n) is 7.66. The van der Waals surface area contributed by atoms with Crippen molar-refractivity contribution in [2.45, 2.75) is 6.04 Å². The number of nitrogens with zero attached hydrogens (tertiary/aromatic N) is 1. The molecule has 1 atom stereocenters. The van der Waals surface area contributed by atoms with Gasteiger partial charge in [0.15, 0.2) is 0 Å². The molecule has 1 fully saturated rings. The molecule has 3 N–H and O–H groups in total. The second-order valence-electron chi connectivity index (χ2n) is 3.19. The van der Waals surface area contributed by atoms with Gasteiger partial charge >= 0.3 is 0 Å². The van der Waals surface area contributed by atoms with Gasteiger partial charge in [-0.2, -0.15) is 0 Å². The molecule has 1 aliphatic rings. The van der Waals surface area contributed by atoms with E-state index in [9.17, 15) is 0 Å². The topological polar surface area (TPSA) is 60.2 Å². The first-order valence-electron chi connectivity index (χ1n) is 4.50. The zero-order valence-corrected chi connectivity index (χ0v) is 8.42. The average molecular weight is 214 g/mol. The summed E-state index contributed by atoms with van der Waals surface area (Å²) in [6, 6.07) is 1.81. The summed E-state index contributed by atoms with van der Waals surface area (Å²) >= 11 is 5.98. The highest BCUT2D eigenvalue weighted by molar-refractivity contribution is 6.30. The van der Waals surface area contributed by atoms with Gasteiger partial charge < -0.3 is 15.8 Å². The number of pyridine rings is 1. The first-order chi connectivity index (χ1) is 6.79. The van der Waals surface area contributed by atoms with Gasteiger partial charge in [0.25, 0.3) is 0 Å². The van der Waals surface area contributed by atoms with Crippen LogP contribution in [0.3, 0.4) is 0 Å². The van der Waals surface area contributed by atoms with Crippen LogP contribution in [0, 0.1) is 0 Å². The third-order valence-electron chi connectivity index (χ3n) is 2.25. The Morgan fingerprint density at radius 1 is 1.64 bits per heavy atom. The molecule has 0 aliphatic carbocycles. The smallest absolute Gasteiger partial charge is 0.135 e. The number of nitrogens with two attached hydrogens (primary N) is 1. The minimum atomic E-state index is 0.0601. The number of halogens is 1. The van der Waals surface area contributed by atoms with E-state index in [0.717, 1.165) is 18.7 Å². The molecule has 2 heterocycles. The molecule has 76 valence electrons. The molecule has 2 rings (SSSR count). The number of aromatic nitrogens is 1. The van der Waals surface area contributed by atoms with Crippen molar-refractivity contribution in [3.05, 3.63) is 23.0 Å². The Hall–Kier alpha value is -0.840. The van der Waals surface area contributed by atoms with Gasteiger partial charge in [0.2, 0.25) is 0 Å². The molecule has 0 radical (unpaired) electrons. The highest BCUT2D eigenvalue weighted by Crippen LogP contribution is 2.27. The lowest BCUT2D eigenvalue weighted by Gasteiger charge is -2.25. The third-order valence-corrected chi connectivity index (χ3v) is 2.55. The van der Waals surface area contributed by atoms with Crippen molar-refractivity contribution in [2.24, 2.45) is 0 Å². The Bertz CT molecular complexity index is 306. The normalized spacial score (nSPS) is 22.2. The molecule has 1 saturated heterocycles. The summed E-state index contributed by atoms with van der Waals surface area (Å²) in [5.74, 6) is 0. The van der Waals surface area contributed by atoms with Gasteiger partial charge in [0.1, 0.15) is 5.15 Å². The summed E-state index contributed by atoms with van der Waals surface area (Å²) in [4.78, 5) is 4.01. The van der Waals surface area contributed by atoms with Crippen molar-refractivity contribution in [3.63, 3.8) is 0 Å². The second-order valence-corrected chi connectivity index (χ2v) is 3.54. The molecule has 1 aromatic heterocycles. The summed E-state index contributed by atoms with van der Waals surface area (Å²) < 4.78 is 5.34. The van der Waals surface area contributed by atoms with Gasteiger partial charge in [-0.25, -0.2) is 4.98 Å². The maximum absolute atomic E-state index is 5.98. The van der Waals surface area contributed by atoms with E-state index in [2.05, 4.69) is 10.3 Å². The van der Waals surface area contributed by atoms with Crippen LogP contribution in [-0.4, -0.2) is 24.7 Å². The van der Waals surface area contributed by atoms with Crippen molar-refractivity contribution in [1.29, 1.82) is 0 Å². The van der Waals surface area contributed by atoms with Gasteiger partial charge in [0, 0.05) is 24.0 Å². The minimum Gasteiger partial charge on any atom is -0.398 e. The van der Waals surface area contributed by atoms with E-state index in [0.29, 0.717) is 17.4 Å². The predicted octanol–water partition coefficient (Wildman–Crippen LogP) is 0.978. The fourth-order valence-electron chi connectivity index (χ4n) is 1.56. The zero-order chi connectivity index (χ0) is 9.97. The number of rotatable bonds is 1. The molecule has 4 nitrogen and oxygen atoms in total. The predicted molar refractivity (Wildman–Crippen MR) is 55.2 cm³/mol. The molecule has 1 aliphatic heterocycles. The molecular formula is C9H12ClN3O. The summed E-state index contributed by atoms with van der Waals surface area (Å²) in [5, 5.41) is 3.74. The van der Waals surface area contributed by atoms with Crippen LogP contribution in [0.15, 0.2) is 12.3 Å². The van der Waals surface area contributed by atoms with Crippen molar-refractivity contribution >= 4 is 17.3 Å². The Balaban J connectivity index is 2.29. The molecule has 1 aromatic rings. The van der Waals surface area contributed by atoms with Crippen molar-refractivity contribution in [2.75, 3.05) is 25.5 Å². The van der Waals surface area contributed by atoms with Crippen LogP contribution in [0.1, 0.15) is 11.6 Å². The molecule has 0 amide bonds. The lowest BCUT2D eigenvalue weighted by Crippen LogP contribution is -2.35. The van der Waals surface area contributed by atoms with Crippen LogP contribution >= 0.6 is 11.6 Å². The largest absolute Gasteiger partial charge is 0.398 e. The summed E-state index contributed by atoms with van der Waals surface area (Å²) in [5.41, 5.74) is 7.33. The summed E-state index contributed by atoms with van der Waals surface area (Å²) in [6.45, 7) is 2.14. The van der Waals surface area contributed by atoms with E-state index < -0.39 is 0 Å². The number of anilines is 1. The van der Waals surface area contributed by atoms with Gasteiger partial charge in [-0.1, -0.05) is 11.6 Å². The quantitative estimate of drug-likeness (QED) is 0.683. The molecule has 0 bridgehead atoms. The third kappa shape index (κ3) is 1.82. The number of hydrogen-bond donors (Lipinski definition) is 2. The van der Waals surface area contributed by atoms with Crippen LogP contribution in [-0.2, 0) is 4.74 Å². The average Bonchev–Trinajstić information content (AvgIpc) is 2.19. The Morgan fingerprint density at radius 2 is 2.50 bits per heavy atom. The molecular weight excluding hydrogens is 202 g/mol. The van der Waals surface area contributed by atoms with Crippen LogP contribution in [0.5, 0.6) is 0 Å². The number of morpholine rings is 1. The van der Waals surface area contributed by atoms with Gasteiger partial charge in [-0.15, -0.1) is 0 Å². The van der Waals surface area contributed by atoms with Crippen LogP contribution < -0.4 is 11.1 Å². The van der Waals surface area contributed by atoms with Crippen LogP contribution in [0.2, 0.25) is 5.15 Å². The van der Waals surface area contributed by atoms with Gasteiger partial charge in [-0.05, 0) is 6.07 Å². The highest BCUT2D eigenvalue weighted by Gasteiger charge is 2.20. The summed E-state index contributed by atoms with van der Waals surface area (Å²) in [6.07, 6.45) is 1.60. The van der Waals surface area contributed by atoms with E-state index >= 15 is 0 Å². The van der Waals surface area contributed by atoms with Crippen molar-refractivity contribution in [3.8, 4) is 0 Å². The molecule has 1 unspecified atom stereocenters.